The molecule has 1 aromatic carbocycles. The standard InChI is InChI=1S/C13H14BrNO/c14-9-3-4-10-11(7-9)12(8-13(10)16)15-5-1-2-6-15/h3-4,7,12H,1-2,5-6,8H2. The Labute approximate surface area is 104 Å². The fourth-order valence-corrected chi connectivity index (χ4v) is 3.22. The van der Waals surface area contributed by atoms with Gasteiger partial charge in [-0.1, -0.05) is 15.9 Å². The lowest BCUT2D eigenvalue weighted by Gasteiger charge is -2.23. The Morgan fingerprint density at radius 3 is 2.75 bits per heavy atom. The highest BCUT2D eigenvalue weighted by Crippen LogP contribution is 2.38. The van der Waals surface area contributed by atoms with Crippen LogP contribution >= 0.6 is 15.9 Å². The Morgan fingerprint density at radius 2 is 2.00 bits per heavy atom. The van der Waals surface area contributed by atoms with Crippen LogP contribution in [0.15, 0.2) is 22.7 Å². The molecule has 1 atom stereocenters. The molecule has 0 spiro atoms. The van der Waals surface area contributed by atoms with Gasteiger partial charge in [0, 0.05) is 22.5 Å². The number of Topliss-reactive ketones (excluding diaryl/α,β-unsaturated/α-hetero) is 1. The first-order valence-corrected chi connectivity index (χ1v) is 6.62. The molecule has 1 fully saturated rings. The molecule has 0 saturated carbocycles. The van der Waals surface area contributed by atoms with E-state index in [2.05, 4.69) is 26.9 Å². The summed E-state index contributed by atoms with van der Waals surface area (Å²) in [5, 5.41) is 0. The van der Waals surface area contributed by atoms with Gasteiger partial charge < -0.3 is 0 Å². The number of ketones is 1. The molecular weight excluding hydrogens is 266 g/mol. The second kappa shape index (κ2) is 3.97. The van der Waals surface area contributed by atoms with E-state index in [1.807, 2.05) is 12.1 Å². The van der Waals surface area contributed by atoms with Crippen molar-refractivity contribution in [3.05, 3.63) is 33.8 Å². The third-order valence-electron chi connectivity index (χ3n) is 3.63. The van der Waals surface area contributed by atoms with Crippen LogP contribution in [0.4, 0.5) is 0 Å². The molecule has 1 unspecified atom stereocenters. The van der Waals surface area contributed by atoms with Gasteiger partial charge in [-0.25, -0.2) is 0 Å². The summed E-state index contributed by atoms with van der Waals surface area (Å²) in [6.07, 6.45) is 3.22. The van der Waals surface area contributed by atoms with Gasteiger partial charge in [0.25, 0.3) is 0 Å². The average molecular weight is 280 g/mol. The van der Waals surface area contributed by atoms with E-state index in [1.165, 1.54) is 18.4 Å². The molecule has 0 radical (unpaired) electrons. The molecule has 0 amide bonds. The Bertz CT molecular complexity index is 438. The molecule has 3 rings (SSSR count). The van der Waals surface area contributed by atoms with E-state index in [0.29, 0.717) is 18.2 Å². The van der Waals surface area contributed by atoms with Gasteiger partial charge in [-0.15, -0.1) is 0 Å². The number of hydrogen-bond donors (Lipinski definition) is 0. The first-order chi connectivity index (χ1) is 7.75. The highest BCUT2D eigenvalue weighted by molar-refractivity contribution is 9.10. The molecule has 84 valence electrons. The zero-order valence-corrected chi connectivity index (χ0v) is 10.7. The Hall–Kier alpha value is -0.670. The molecule has 1 aliphatic carbocycles. The second-order valence-electron chi connectivity index (χ2n) is 4.62. The van der Waals surface area contributed by atoms with Crippen molar-refractivity contribution in [2.45, 2.75) is 25.3 Å². The molecule has 2 nitrogen and oxygen atoms in total. The van der Waals surface area contributed by atoms with E-state index >= 15 is 0 Å². The summed E-state index contributed by atoms with van der Waals surface area (Å²) in [5.74, 6) is 0.305. The summed E-state index contributed by atoms with van der Waals surface area (Å²) < 4.78 is 1.07. The van der Waals surface area contributed by atoms with E-state index < -0.39 is 0 Å². The van der Waals surface area contributed by atoms with Crippen LogP contribution in [0, 0.1) is 0 Å². The molecule has 1 aromatic rings. The predicted octanol–water partition coefficient (Wildman–Crippen LogP) is 3.17. The van der Waals surface area contributed by atoms with Gasteiger partial charge in [-0.05, 0) is 49.7 Å². The summed E-state index contributed by atoms with van der Waals surface area (Å²) in [7, 11) is 0. The molecule has 0 bridgehead atoms. The van der Waals surface area contributed by atoms with E-state index in [9.17, 15) is 4.79 Å². The lowest BCUT2D eigenvalue weighted by atomic mass is 10.1. The van der Waals surface area contributed by atoms with Crippen molar-refractivity contribution in [2.75, 3.05) is 13.1 Å². The third-order valence-corrected chi connectivity index (χ3v) is 4.13. The van der Waals surface area contributed by atoms with E-state index in [1.54, 1.807) is 0 Å². The van der Waals surface area contributed by atoms with Crippen LogP contribution in [-0.4, -0.2) is 23.8 Å². The number of hydrogen-bond acceptors (Lipinski definition) is 2. The number of likely N-dealkylation sites (tertiary alicyclic amines) is 1. The van der Waals surface area contributed by atoms with E-state index in [0.717, 1.165) is 23.1 Å². The Balaban J connectivity index is 1.99. The van der Waals surface area contributed by atoms with Gasteiger partial charge in [0.1, 0.15) is 0 Å². The van der Waals surface area contributed by atoms with Crippen molar-refractivity contribution in [3.8, 4) is 0 Å². The van der Waals surface area contributed by atoms with Crippen LogP contribution in [0.5, 0.6) is 0 Å². The zero-order chi connectivity index (χ0) is 11.1. The van der Waals surface area contributed by atoms with Crippen molar-refractivity contribution in [3.63, 3.8) is 0 Å². The van der Waals surface area contributed by atoms with Crippen LogP contribution in [0.25, 0.3) is 0 Å². The first-order valence-electron chi connectivity index (χ1n) is 5.82. The normalized spacial score (nSPS) is 25.1. The maximum atomic E-state index is 11.9. The maximum Gasteiger partial charge on any atom is 0.165 e. The summed E-state index contributed by atoms with van der Waals surface area (Å²) in [4.78, 5) is 14.4. The van der Waals surface area contributed by atoms with Crippen molar-refractivity contribution >= 4 is 21.7 Å². The largest absolute Gasteiger partial charge is 0.296 e. The van der Waals surface area contributed by atoms with Crippen molar-refractivity contribution < 1.29 is 4.79 Å². The van der Waals surface area contributed by atoms with Crippen LogP contribution < -0.4 is 0 Å². The molecule has 1 heterocycles. The number of carbonyl (C=O) groups excluding carboxylic acids is 1. The van der Waals surface area contributed by atoms with E-state index in [-0.39, 0.29) is 0 Å². The molecular formula is C13H14BrNO. The van der Waals surface area contributed by atoms with Gasteiger partial charge in [-0.2, -0.15) is 0 Å². The van der Waals surface area contributed by atoms with Crippen molar-refractivity contribution in [1.82, 2.24) is 4.90 Å². The first kappa shape index (κ1) is 10.5. The fraction of sp³-hybridized carbons (Fsp3) is 0.462. The molecule has 0 aromatic heterocycles. The summed E-state index contributed by atoms with van der Waals surface area (Å²) in [5.41, 5.74) is 2.15. The molecule has 1 saturated heterocycles. The minimum absolute atomic E-state index is 0.305. The quantitative estimate of drug-likeness (QED) is 0.787. The number of halogens is 1. The van der Waals surface area contributed by atoms with E-state index in [4.69, 9.17) is 0 Å². The van der Waals surface area contributed by atoms with Crippen molar-refractivity contribution in [1.29, 1.82) is 0 Å². The van der Waals surface area contributed by atoms with Crippen molar-refractivity contribution in [2.24, 2.45) is 0 Å². The number of fused-ring (bicyclic) bond motifs is 1. The highest BCUT2D eigenvalue weighted by Gasteiger charge is 2.34. The maximum absolute atomic E-state index is 11.9. The number of nitrogens with zero attached hydrogens (tertiary/aromatic N) is 1. The lowest BCUT2D eigenvalue weighted by Crippen LogP contribution is -2.24. The number of rotatable bonds is 1. The van der Waals surface area contributed by atoms with Crippen LogP contribution in [0.3, 0.4) is 0 Å². The Morgan fingerprint density at radius 1 is 1.25 bits per heavy atom. The lowest BCUT2D eigenvalue weighted by molar-refractivity contribution is 0.0963. The summed E-state index contributed by atoms with van der Waals surface area (Å²) in [6, 6.07) is 6.37. The number of carbonyl (C=O) groups is 1. The zero-order valence-electron chi connectivity index (χ0n) is 9.08. The van der Waals surface area contributed by atoms with Crippen LogP contribution in [0.1, 0.15) is 41.2 Å². The smallest absolute Gasteiger partial charge is 0.165 e. The van der Waals surface area contributed by atoms with Gasteiger partial charge >= 0.3 is 0 Å². The second-order valence-corrected chi connectivity index (χ2v) is 5.53. The number of benzene rings is 1. The Kier molecular flexibility index (Phi) is 2.60. The molecule has 16 heavy (non-hydrogen) atoms. The van der Waals surface area contributed by atoms with Gasteiger partial charge in [0.05, 0.1) is 0 Å². The summed E-state index contributed by atoms with van der Waals surface area (Å²) >= 11 is 3.49. The summed E-state index contributed by atoms with van der Waals surface area (Å²) in [6.45, 7) is 2.29. The van der Waals surface area contributed by atoms with Gasteiger partial charge in [0.15, 0.2) is 5.78 Å². The molecule has 1 aliphatic heterocycles. The molecule has 2 aliphatic rings. The van der Waals surface area contributed by atoms with Crippen LogP contribution in [-0.2, 0) is 0 Å². The van der Waals surface area contributed by atoms with Gasteiger partial charge in [0.2, 0.25) is 0 Å². The average Bonchev–Trinajstić information content (AvgIpc) is 2.86. The van der Waals surface area contributed by atoms with Crippen LogP contribution in [0.2, 0.25) is 0 Å². The van der Waals surface area contributed by atoms with Gasteiger partial charge in [-0.3, -0.25) is 9.69 Å². The topological polar surface area (TPSA) is 20.3 Å². The molecule has 0 N–H and O–H groups in total. The predicted molar refractivity (Wildman–Crippen MR) is 66.6 cm³/mol. The SMILES string of the molecule is O=C1CC(N2CCCC2)c2cc(Br)ccc21. The molecule has 3 heteroatoms. The monoisotopic (exact) mass is 279 g/mol. The fourth-order valence-electron chi connectivity index (χ4n) is 2.84. The third kappa shape index (κ3) is 1.62. The minimum atomic E-state index is 0.305. The highest BCUT2D eigenvalue weighted by atomic mass is 79.9. The minimum Gasteiger partial charge on any atom is -0.296 e.